The first kappa shape index (κ1) is 47.1. The summed E-state index contributed by atoms with van der Waals surface area (Å²) in [6, 6.07) is 3.53. The normalized spacial score (nSPS) is 12.6. The van der Waals surface area contributed by atoms with Crippen molar-refractivity contribution in [3.8, 4) is 5.75 Å². The van der Waals surface area contributed by atoms with Gasteiger partial charge >= 0.3 is 18.0 Å². The predicted octanol–water partition coefficient (Wildman–Crippen LogP) is 3.18. The molecule has 2 rings (SSSR count). The van der Waals surface area contributed by atoms with Gasteiger partial charge in [-0.1, -0.05) is 26.0 Å². The Hall–Kier alpha value is -5.02. The monoisotopic (exact) mass is 821 g/mol. The summed E-state index contributed by atoms with van der Waals surface area (Å²) in [5.74, 6) is -17.3. The number of thiol groups is 1. The van der Waals surface area contributed by atoms with Crippen LogP contribution in [0.4, 0.5) is 32.4 Å². The topological polar surface area (TPSA) is 213 Å². The molecular weight excluding hydrogens is 777 g/mol. The number of nitrogens with one attached hydrogen (secondary N) is 4. The van der Waals surface area contributed by atoms with Crippen molar-refractivity contribution in [1.82, 2.24) is 16.0 Å². The van der Waals surface area contributed by atoms with Crippen LogP contribution in [0.15, 0.2) is 24.3 Å². The molecule has 2 aromatic rings. The molecule has 6 N–H and O–H groups in total. The van der Waals surface area contributed by atoms with Crippen LogP contribution in [0.2, 0.25) is 0 Å². The van der Waals surface area contributed by atoms with Crippen LogP contribution in [0, 0.1) is 35.0 Å². The molecule has 15 nitrogen and oxygen atoms in total. The fraction of sp³-hybridized carbons (Fsp3) is 0.486. The van der Waals surface area contributed by atoms with Crippen LogP contribution < -0.4 is 31.7 Å². The van der Waals surface area contributed by atoms with Crippen LogP contribution in [0.5, 0.6) is 5.75 Å². The van der Waals surface area contributed by atoms with Crippen LogP contribution >= 0.6 is 12.6 Å². The Bertz CT molecular complexity index is 1660. The molecule has 310 valence electrons. The van der Waals surface area contributed by atoms with Crippen LogP contribution in [0.25, 0.3) is 0 Å². The Kier molecular flexibility index (Phi) is 20.0. The van der Waals surface area contributed by atoms with Gasteiger partial charge in [-0.2, -0.15) is 21.4 Å². The van der Waals surface area contributed by atoms with Crippen molar-refractivity contribution >= 4 is 54.0 Å². The van der Waals surface area contributed by atoms with Gasteiger partial charge in [0.2, 0.25) is 52.6 Å². The molecule has 0 aromatic heterocycles. The molecule has 0 aliphatic carbocycles. The van der Waals surface area contributed by atoms with Gasteiger partial charge < -0.3 is 45.9 Å². The lowest BCUT2D eigenvalue weighted by atomic mass is 10.0. The Balaban J connectivity index is 1.83. The number of carbonyl (C=O) groups excluding carboxylic acids is 6. The largest absolute Gasteiger partial charge is 0.460 e. The standard InChI is InChI=1S/C35H44F5N5O10S/c1-18(2)30(45-23(46)10-13-52-15-16-53-14-11-24(47)55-31-28(39)26(37)25(36)27(38)29(31)40)33(49)44-22(5-4-12-42-35(41)51)32(48)43-21-8-6-20(7-9-21)17-54-34(50)19(3)56/h6-9,18-19,22,30,56H,4-5,10-17H2,1-3H3,(H,43,48)(H,44,49)(H,45,46)(H3,41,42,51)/t19?,22-,30-/m0/s1. The van der Waals surface area contributed by atoms with E-state index in [1.54, 1.807) is 45.0 Å². The lowest BCUT2D eigenvalue weighted by molar-refractivity contribution is -0.144. The highest BCUT2D eigenvalue weighted by Crippen LogP contribution is 2.29. The first-order chi connectivity index (χ1) is 26.4. The number of ether oxygens (including phenoxy) is 4. The summed E-state index contributed by atoms with van der Waals surface area (Å²) < 4.78 is 86.8. The highest BCUT2D eigenvalue weighted by molar-refractivity contribution is 7.81. The minimum Gasteiger partial charge on any atom is -0.460 e. The van der Waals surface area contributed by atoms with Gasteiger partial charge in [-0.05, 0) is 43.4 Å². The third kappa shape index (κ3) is 16.0. The van der Waals surface area contributed by atoms with Crippen molar-refractivity contribution in [2.24, 2.45) is 11.7 Å². The van der Waals surface area contributed by atoms with Gasteiger partial charge in [-0.3, -0.25) is 24.0 Å². The van der Waals surface area contributed by atoms with Gasteiger partial charge in [-0.15, -0.1) is 0 Å². The zero-order chi connectivity index (χ0) is 41.9. The zero-order valence-electron chi connectivity index (χ0n) is 30.7. The number of hydrogen-bond acceptors (Lipinski definition) is 11. The van der Waals surface area contributed by atoms with Gasteiger partial charge in [0.1, 0.15) is 18.7 Å². The van der Waals surface area contributed by atoms with E-state index in [1.165, 1.54) is 0 Å². The molecule has 0 spiro atoms. The minimum atomic E-state index is -2.40. The molecule has 0 radical (unpaired) electrons. The van der Waals surface area contributed by atoms with Crippen molar-refractivity contribution in [3.05, 3.63) is 58.9 Å². The number of primary amides is 1. The van der Waals surface area contributed by atoms with Crippen LogP contribution in [0.3, 0.4) is 0 Å². The smallest absolute Gasteiger partial charge is 0.318 e. The van der Waals surface area contributed by atoms with E-state index in [0.29, 0.717) is 11.3 Å². The summed E-state index contributed by atoms with van der Waals surface area (Å²) in [4.78, 5) is 73.9. The summed E-state index contributed by atoms with van der Waals surface area (Å²) in [6.45, 7) is 4.41. The van der Waals surface area contributed by atoms with E-state index < -0.39 is 100 Å². The molecule has 0 saturated heterocycles. The van der Waals surface area contributed by atoms with E-state index in [2.05, 4.69) is 38.6 Å². The second-order valence-electron chi connectivity index (χ2n) is 12.4. The molecule has 3 atom stereocenters. The van der Waals surface area contributed by atoms with E-state index in [0.717, 1.165) is 0 Å². The van der Waals surface area contributed by atoms with Crippen molar-refractivity contribution in [2.45, 2.75) is 70.4 Å². The summed E-state index contributed by atoms with van der Waals surface area (Å²) >= 11 is 4.02. The molecule has 2 aromatic carbocycles. The maximum atomic E-state index is 13.7. The SMILES string of the molecule is CC(S)C(=O)OCc1ccc(NC(=O)[C@H](CCCNC(N)=O)NC(=O)[C@@H](NC(=O)CCOCCOCCC(=O)Oc2c(F)c(F)c(F)c(F)c2F)C(C)C)cc1. The molecule has 0 aliphatic rings. The maximum absolute atomic E-state index is 13.7. The van der Waals surface area contributed by atoms with Gasteiger partial charge in [0.15, 0.2) is 0 Å². The van der Waals surface area contributed by atoms with Crippen LogP contribution in [-0.4, -0.2) is 86.0 Å². The van der Waals surface area contributed by atoms with Crippen molar-refractivity contribution in [1.29, 1.82) is 0 Å². The summed E-state index contributed by atoms with van der Waals surface area (Å²) in [6.07, 6.45) is -0.431. The molecule has 56 heavy (non-hydrogen) atoms. The zero-order valence-corrected chi connectivity index (χ0v) is 31.6. The maximum Gasteiger partial charge on any atom is 0.318 e. The second kappa shape index (κ2) is 23.8. The molecule has 5 amide bonds. The Morgan fingerprint density at radius 1 is 0.768 bits per heavy atom. The summed E-state index contributed by atoms with van der Waals surface area (Å²) in [5, 5.41) is 9.79. The van der Waals surface area contributed by atoms with Crippen molar-refractivity contribution < 1.29 is 69.7 Å². The second-order valence-corrected chi connectivity index (χ2v) is 13.1. The van der Waals surface area contributed by atoms with Crippen LogP contribution in [0.1, 0.15) is 52.0 Å². The van der Waals surface area contributed by atoms with Gasteiger partial charge in [-0.25, -0.2) is 18.0 Å². The van der Waals surface area contributed by atoms with Crippen molar-refractivity contribution in [3.63, 3.8) is 0 Å². The van der Waals surface area contributed by atoms with E-state index >= 15 is 0 Å². The number of anilines is 1. The Morgan fingerprint density at radius 2 is 1.34 bits per heavy atom. The number of amides is 5. The van der Waals surface area contributed by atoms with Gasteiger partial charge in [0, 0.05) is 18.7 Å². The van der Waals surface area contributed by atoms with Gasteiger partial charge in [0.05, 0.1) is 38.1 Å². The Labute approximate surface area is 324 Å². The summed E-state index contributed by atoms with van der Waals surface area (Å²) in [5.41, 5.74) is 6.15. The average Bonchev–Trinajstić information content (AvgIpc) is 3.15. The van der Waals surface area contributed by atoms with Crippen molar-refractivity contribution in [2.75, 3.05) is 38.3 Å². The number of rotatable bonds is 23. The average molecular weight is 822 g/mol. The summed E-state index contributed by atoms with van der Waals surface area (Å²) in [7, 11) is 0. The fourth-order valence-corrected chi connectivity index (χ4v) is 4.57. The van der Waals surface area contributed by atoms with Crippen LogP contribution in [-0.2, 0) is 44.8 Å². The quantitative estimate of drug-likeness (QED) is 0.0183. The number of esters is 2. The third-order valence-electron chi connectivity index (χ3n) is 7.49. The highest BCUT2D eigenvalue weighted by Gasteiger charge is 2.30. The molecule has 0 aliphatic heterocycles. The van der Waals surface area contributed by atoms with E-state index in [1.807, 2.05) is 0 Å². The van der Waals surface area contributed by atoms with E-state index in [-0.39, 0.29) is 58.8 Å². The highest BCUT2D eigenvalue weighted by atomic mass is 32.1. The van der Waals surface area contributed by atoms with E-state index in [4.69, 9.17) is 19.9 Å². The lowest BCUT2D eigenvalue weighted by Crippen LogP contribution is -2.54. The van der Waals surface area contributed by atoms with Gasteiger partial charge in [0.25, 0.3) is 0 Å². The molecular formula is C35H44F5N5O10S. The fourth-order valence-electron chi connectivity index (χ4n) is 4.50. The third-order valence-corrected chi connectivity index (χ3v) is 7.70. The molecule has 0 fully saturated rings. The number of urea groups is 1. The minimum absolute atomic E-state index is 0.000441. The molecule has 21 heteroatoms. The lowest BCUT2D eigenvalue weighted by Gasteiger charge is -2.25. The predicted molar refractivity (Wildman–Crippen MR) is 192 cm³/mol. The number of halogens is 5. The molecule has 0 bridgehead atoms. The number of benzene rings is 2. The number of nitrogens with two attached hydrogens (primary N) is 1. The first-order valence-corrected chi connectivity index (χ1v) is 17.7. The Morgan fingerprint density at radius 3 is 1.89 bits per heavy atom. The molecule has 0 heterocycles. The molecule has 1 unspecified atom stereocenters. The first-order valence-electron chi connectivity index (χ1n) is 17.2. The van der Waals surface area contributed by atoms with E-state index in [9.17, 15) is 50.7 Å². The number of carbonyl (C=O) groups is 6. The molecule has 0 saturated carbocycles. The number of hydrogen-bond donors (Lipinski definition) is 6.